The van der Waals surface area contributed by atoms with E-state index in [2.05, 4.69) is 59.9 Å². The molecular weight excluding hydrogens is 272 g/mol. The first-order valence-corrected chi connectivity index (χ1v) is 9.18. The van der Waals surface area contributed by atoms with Crippen LogP contribution in [0, 0.1) is 0 Å². The van der Waals surface area contributed by atoms with E-state index < -0.39 is 0 Å². The number of rotatable bonds is 3. The summed E-state index contributed by atoms with van der Waals surface area (Å²) in [7, 11) is 0. The second-order valence-corrected chi connectivity index (χ2v) is 7.74. The summed E-state index contributed by atoms with van der Waals surface area (Å²) in [4.78, 5) is 0. The Balaban J connectivity index is 1.61. The molecule has 0 radical (unpaired) electrons. The van der Waals surface area contributed by atoms with Gasteiger partial charge >= 0.3 is 0 Å². The monoisotopic (exact) mass is 292 g/mol. The van der Waals surface area contributed by atoms with Crippen LogP contribution < -0.4 is 4.74 Å². The zero-order valence-electron chi connectivity index (χ0n) is 11.1. The smallest absolute Gasteiger partial charge is 0.120 e. The van der Waals surface area contributed by atoms with Crippen LogP contribution in [0.4, 0.5) is 0 Å². The average molecular weight is 292 g/mol. The highest BCUT2D eigenvalue weighted by molar-refractivity contribution is 8.16. The summed E-state index contributed by atoms with van der Waals surface area (Å²) in [5, 5.41) is 0. The molecule has 0 bridgehead atoms. The zero-order valence-corrected chi connectivity index (χ0v) is 12.7. The van der Waals surface area contributed by atoms with Gasteiger partial charge in [0.05, 0.1) is 4.58 Å². The number of ether oxygens (including phenoxy) is 1. The second-order valence-electron chi connectivity index (χ2n) is 5.01. The molecule has 3 rings (SSSR count). The molecule has 0 N–H and O–H groups in total. The van der Waals surface area contributed by atoms with Crippen molar-refractivity contribution in [2.45, 2.75) is 36.4 Å². The van der Waals surface area contributed by atoms with Crippen LogP contribution in [0.25, 0.3) is 0 Å². The van der Waals surface area contributed by atoms with Crippen molar-refractivity contribution in [1.82, 2.24) is 0 Å². The Hall–Kier alpha value is -0.540. The maximum absolute atomic E-state index is 6.00. The standard InChI is InChI=1S/C16H20OS2/c1-2-5-14(6-3-1)17-15-9-7-13(8-10-15)16-18-11-4-12-19-16/h2,5,7-10,14,16H,1,3-4,6,11-12H2. The maximum atomic E-state index is 6.00. The van der Waals surface area contributed by atoms with Gasteiger partial charge in [0.15, 0.2) is 0 Å². The summed E-state index contributed by atoms with van der Waals surface area (Å²) in [6, 6.07) is 8.73. The van der Waals surface area contributed by atoms with Crippen LogP contribution in [0.2, 0.25) is 0 Å². The van der Waals surface area contributed by atoms with E-state index in [0.29, 0.717) is 4.58 Å². The summed E-state index contributed by atoms with van der Waals surface area (Å²) in [5.41, 5.74) is 1.43. The van der Waals surface area contributed by atoms with Crippen molar-refractivity contribution in [2.24, 2.45) is 0 Å². The van der Waals surface area contributed by atoms with E-state index in [1.54, 1.807) is 0 Å². The average Bonchev–Trinajstić information content (AvgIpc) is 2.50. The predicted molar refractivity (Wildman–Crippen MR) is 86.1 cm³/mol. The van der Waals surface area contributed by atoms with E-state index >= 15 is 0 Å². The minimum atomic E-state index is 0.276. The van der Waals surface area contributed by atoms with Crippen molar-refractivity contribution >= 4 is 23.5 Å². The Labute approximate surface area is 124 Å². The Morgan fingerprint density at radius 2 is 1.79 bits per heavy atom. The third kappa shape index (κ3) is 3.73. The van der Waals surface area contributed by atoms with Crippen LogP contribution in [0.5, 0.6) is 5.75 Å². The molecule has 2 aliphatic rings. The third-order valence-corrected chi connectivity index (χ3v) is 6.49. The lowest BCUT2D eigenvalue weighted by Crippen LogP contribution is -2.15. The van der Waals surface area contributed by atoms with Crippen molar-refractivity contribution in [3.63, 3.8) is 0 Å². The van der Waals surface area contributed by atoms with Crippen molar-refractivity contribution in [2.75, 3.05) is 11.5 Å². The van der Waals surface area contributed by atoms with Gasteiger partial charge in [0, 0.05) is 0 Å². The minimum absolute atomic E-state index is 0.276. The molecule has 1 aromatic rings. The van der Waals surface area contributed by atoms with Gasteiger partial charge in [-0.05, 0) is 61.0 Å². The molecule has 102 valence electrons. The second kappa shape index (κ2) is 6.76. The van der Waals surface area contributed by atoms with Gasteiger partial charge in [-0.3, -0.25) is 0 Å². The quantitative estimate of drug-likeness (QED) is 0.722. The van der Waals surface area contributed by atoms with E-state index in [9.17, 15) is 0 Å². The van der Waals surface area contributed by atoms with Gasteiger partial charge in [-0.1, -0.05) is 18.2 Å². The normalized spacial score (nSPS) is 24.3. The highest BCUT2D eigenvalue weighted by Gasteiger charge is 2.16. The summed E-state index contributed by atoms with van der Waals surface area (Å²) in [6.45, 7) is 0. The summed E-state index contributed by atoms with van der Waals surface area (Å²) >= 11 is 4.14. The van der Waals surface area contributed by atoms with E-state index in [0.717, 1.165) is 12.2 Å². The van der Waals surface area contributed by atoms with E-state index in [1.807, 2.05) is 0 Å². The summed E-state index contributed by atoms with van der Waals surface area (Å²) in [5.74, 6) is 3.59. The lowest BCUT2D eigenvalue weighted by molar-refractivity contribution is 0.230. The van der Waals surface area contributed by atoms with Crippen LogP contribution in [0.15, 0.2) is 36.4 Å². The predicted octanol–water partition coefficient (Wildman–Crippen LogP) is 5.04. The molecule has 1 aliphatic carbocycles. The van der Waals surface area contributed by atoms with Gasteiger partial charge in [0.1, 0.15) is 11.9 Å². The minimum Gasteiger partial charge on any atom is -0.486 e. The number of benzene rings is 1. The third-order valence-electron chi connectivity index (χ3n) is 3.48. The fourth-order valence-electron chi connectivity index (χ4n) is 2.44. The molecule has 3 heteroatoms. The number of hydrogen-bond acceptors (Lipinski definition) is 3. The molecule has 0 amide bonds. The molecule has 1 saturated heterocycles. The number of allylic oxidation sites excluding steroid dienone is 1. The lowest BCUT2D eigenvalue weighted by Gasteiger charge is -2.22. The molecule has 1 unspecified atom stereocenters. The molecule has 0 aromatic heterocycles. The van der Waals surface area contributed by atoms with Crippen LogP contribution in [-0.2, 0) is 0 Å². The van der Waals surface area contributed by atoms with Crippen LogP contribution in [0.3, 0.4) is 0 Å². The Bertz CT molecular complexity index is 421. The van der Waals surface area contributed by atoms with E-state index in [1.165, 1.54) is 36.3 Å². The number of thioether (sulfide) groups is 2. The highest BCUT2D eigenvalue weighted by Crippen LogP contribution is 2.43. The Kier molecular flexibility index (Phi) is 4.78. The maximum Gasteiger partial charge on any atom is 0.120 e. The van der Waals surface area contributed by atoms with E-state index in [-0.39, 0.29) is 6.10 Å². The number of hydrogen-bond donors (Lipinski definition) is 0. The molecule has 0 spiro atoms. The van der Waals surface area contributed by atoms with Crippen LogP contribution >= 0.6 is 23.5 Å². The van der Waals surface area contributed by atoms with Gasteiger partial charge in [-0.2, -0.15) is 0 Å². The van der Waals surface area contributed by atoms with Gasteiger partial charge in [-0.25, -0.2) is 0 Å². The fraction of sp³-hybridized carbons (Fsp3) is 0.500. The molecule has 1 aromatic carbocycles. The SMILES string of the molecule is C1=CC(Oc2ccc(C3SCCCS3)cc2)CCC1. The molecule has 1 atom stereocenters. The fourth-order valence-corrected chi connectivity index (χ4v) is 5.33. The first-order chi connectivity index (χ1) is 9.42. The van der Waals surface area contributed by atoms with Crippen molar-refractivity contribution in [3.05, 3.63) is 42.0 Å². The molecule has 1 fully saturated rings. The lowest BCUT2D eigenvalue weighted by atomic mass is 10.1. The van der Waals surface area contributed by atoms with Crippen LogP contribution in [0.1, 0.15) is 35.8 Å². The Morgan fingerprint density at radius 3 is 2.47 bits per heavy atom. The zero-order chi connectivity index (χ0) is 12.9. The first kappa shape index (κ1) is 13.4. The van der Waals surface area contributed by atoms with Crippen molar-refractivity contribution in [3.8, 4) is 5.75 Å². The van der Waals surface area contributed by atoms with Gasteiger partial charge in [0.2, 0.25) is 0 Å². The topological polar surface area (TPSA) is 9.23 Å². The van der Waals surface area contributed by atoms with E-state index in [4.69, 9.17) is 4.74 Å². The molecular formula is C16H20OS2. The summed E-state index contributed by atoms with van der Waals surface area (Å²) in [6.07, 6.45) is 9.65. The van der Waals surface area contributed by atoms with Gasteiger partial charge in [0.25, 0.3) is 0 Å². The Morgan fingerprint density at radius 1 is 1.00 bits per heavy atom. The molecule has 1 aliphatic heterocycles. The van der Waals surface area contributed by atoms with Gasteiger partial charge < -0.3 is 4.74 Å². The molecule has 19 heavy (non-hydrogen) atoms. The first-order valence-electron chi connectivity index (χ1n) is 7.08. The van der Waals surface area contributed by atoms with Gasteiger partial charge in [-0.15, -0.1) is 23.5 Å². The molecule has 0 saturated carbocycles. The molecule has 1 nitrogen and oxygen atoms in total. The van der Waals surface area contributed by atoms with Crippen LogP contribution in [-0.4, -0.2) is 17.6 Å². The largest absolute Gasteiger partial charge is 0.486 e. The highest BCUT2D eigenvalue weighted by atomic mass is 32.2. The molecule has 1 heterocycles. The van der Waals surface area contributed by atoms with Crippen molar-refractivity contribution in [1.29, 1.82) is 0 Å². The summed E-state index contributed by atoms with van der Waals surface area (Å²) < 4.78 is 6.62. The van der Waals surface area contributed by atoms with Crippen molar-refractivity contribution < 1.29 is 4.74 Å².